The first-order valence-electron chi connectivity index (χ1n) is 7.93. The molecule has 1 saturated heterocycles. The van der Waals surface area contributed by atoms with Crippen LogP contribution in [0.15, 0.2) is 43.0 Å². The molecule has 0 N–H and O–H groups in total. The topological polar surface area (TPSA) is 58.0 Å². The maximum absolute atomic E-state index is 5.84. The number of aromatic nitrogens is 4. The molecule has 0 atom stereocenters. The number of hydrogen-bond acceptors (Lipinski definition) is 6. The fourth-order valence-electron chi connectivity index (χ4n) is 3.01. The molecule has 3 aromatic heterocycles. The van der Waals surface area contributed by atoms with Crippen LogP contribution in [0.2, 0.25) is 5.15 Å². The zero-order valence-electron chi connectivity index (χ0n) is 13.1. The van der Waals surface area contributed by atoms with Crippen LogP contribution >= 0.6 is 11.6 Å². The molecule has 0 aliphatic carbocycles. The van der Waals surface area contributed by atoms with Crippen molar-refractivity contribution in [3.05, 3.63) is 53.7 Å². The van der Waals surface area contributed by atoms with E-state index in [2.05, 4.69) is 29.7 Å². The standard InChI is InChI=1S/C17H17ClN6/c18-15-4-3-13(10-20-15)11-23-6-8-24(9-7-23)17-14-2-1-5-19-16(14)21-12-22-17/h1-5,10,12H,6-9,11H2. The van der Waals surface area contributed by atoms with Crippen molar-refractivity contribution in [2.75, 3.05) is 31.1 Å². The number of piperazine rings is 1. The van der Waals surface area contributed by atoms with Crippen LogP contribution in [0.1, 0.15) is 5.56 Å². The second kappa shape index (κ2) is 6.67. The number of nitrogens with zero attached hydrogens (tertiary/aromatic N) is 6. The number of rotatable bonds is 3. The zero-order chi connectivity index (χ0) is 16.4. The van der Waals surface area contributed by atoms with Crippen LogP contribution in [0.25, 0.3) is 11.0 Å². The lowest BCUT2D eigenvalue weighted by molar-refractivity contribution is 0.249. The van der Waals surface area contributed by atoms with Gasteiger partial charge < -0.3 is 4.90 Å². The van der Waals surface area contributed by atoms with Crippen LogP contribution < -0.4 is 4.90 Å². The van der Waals surface area contributed by atoms with E-state index in [4.69, 9.17) is 11.6 Å². The molecule has 7 heteroatoms. The van der Waals surface area contributed by atoms with Gasteiger partial charge in [0.15, 0.2) is 5.65 Å². The molecule has 0 amide bonds. The van der Waals surface area contributed by atoms with Gasteiger partial charge in [-0.05, 0) is 23.8 Å². The van der Waals surface area contributed by atoms with Crippen molar-refractivity contribution in [3.63, 3.8) is 0 Å². The second-order valence-corrected chi connectivity index (χ2v) is 6.21. The lowest BCUT2D eigenvalue weighted by Crippen LogP contribution is -2.46. The lowest BCUT2D eigenvalue weighted by atomic mass is 10.2. The number of pyridine rings is 2. The minimum absolute atomic E-state index is 0.535. The van der Waals surface area contributed by atoms with E-state index in [1.165, 1.54) is 5.56 Å². The van der Waals surface area contributed by atoms with Crippen molar-refractivity contribution >= 4 is 28.5 Å². The summed E-state index contributed by atoms with van der Waals surface area (Å²) in [6.45, 7) is 4.72. The van der Waals surface area contributed by atoms with E-state index in [-0.39, 0.29) is 0 Å². The molecule has 4 rings (SSSR count). The Morgan fingerprint density at radius 2 is 1.83 bits per heavy atom. The Hall–Kier alpha value is -2.31. The predicted octanol–water partition coefficient (Wildman–Crippen LogP) is 2.40. The second-order valence-electron chi connectivity index (χ2n) is 5.82. The molecule has 0 bridgehead atoms. The minimum atomic E-state index is 0.535. The summed E-state index contributed by atoms with van der Waals surface area (Å²) in [6, 6.07) is 7.83. The van der Waals surface area contributed by atoms with Crippen LogP contribution in [-0.2, 0) is 6.54 Å². The largest absolute Gasteiger partial charge is 0.353 e. The molecule has 6 nitrogen and oxygen atoms in total. The third kappa shape index (κ3) is 3.16. The highest BCUT2D eigenvalue weighted by molar-refractivity contribution is 6.29. The van der Waals surface area contributed by atoms with E-state index in [1.54, 1.807) is 12.5 Å². The summed E-state index contributed by atoms with van der Waals surface area (Å²) in [6.07, 6.45) is 5.20. The van der Waals surface area contributed by atoms with E-state index < -0.39 is 0 Å². The van der Waals surface area contributed by atoms with E-state index in [0.717, 1.165) is 49.6 Å². The van der Waals surface area contributed by atoms with Gasteiger partial charge in [0.25, 0.3) is 0 Å². The molecule has 0 unspecified atom stereocenters. The van der Waals surface area contributed by atoms with Crippen LogP contribution in [0.4, 0.5) is 5.82 Å². The molecule has 3 aromatic rings. The van der Waals surface area contributed by atoms with Crippen molar-refractivity contribution in [1.29, 1.82) is 0 Å². The van der Waals surface area contributed by atoms with Crippen molar-refractivity contribution in [2.45, 2.75) is 6.54 Å². The van der Waals surface area contributed by atoms with Gasteiger partial charge in [0.1, 0.15) is 17.3 Å². The Balaban J connectivity index is 1.45. The SMILES string of the molecule is Clc1ccc(CN2CCN(c3ncnc4ncccc34)CC2)cn1. The van der Waals surface area contributed by atoms with E-state index in [0.29, 0.717) is 5.15 Å². The number of hydrogen-bond donors (Lipinski definition) is 0. The Labute approximate surface area is 145 Å². The van der Waals surface area contributed by atoms with Crippen molar-refractivity contribution in [3.8, 4) is 0 Å². The van der Waals surface area contributed by atoms with Gasteiger partial charge in [0.2, 0.25) is 0 Å². The summed E-state index contributed by atoms with van der Waals surface area (Å²) in [4.78, 5) is 21.9. The molecule has 122 valence electrons. The first-order chi connectivity index (χ1) is 11.8. The lowest BCUT2D eigenvalue weighted by Gasteiger charge is -2.35. The molecule has 1 fully saturated rings. The van der Waals surface area contributed by atoms with Crippen molar-refractivity contribution in [1.82, 2.24) is 24.8 Å². The van der Waals surface area contributed by atoms with Gasteiger partial charge in [0, 0.05) is 45.1 Å². The number of fused-ring (bicyclic) bond motifs is 1. The smallest absolute Gasteiger partial charge is 0.164 e. The Kier molecular flexibility index (Phi) is 4.23. The molecule has 4 heterocycles. The fourth-order valence-corrected chi connectivity index (χ4v) is 3.12. The van der Waals surface area contributed by atoms with Gasteiger partial charge in [-0.1, -0.05) is 17.7 Å². The predicted molar refractivity (Wildman–Crippen MR) is 94.1 cm³/mol. The van der Waals surface area contributed by atoms with E-state index in [9.17, 15) is 0 Å². The molecule has 1 aliphatic rings. The molecular formula is C17H17ClN6. The van der Waals surface area contributed by atoms with Gasteiger partial charge in [-0.25, -0.2) is 19.9 Å². The van der Waals surface area contributed by atoms with Crippen LogP contribution in [0, 0.1) is 0 Å². The van der Waals surface area contributed by atoms with Crippen LogP contribution in [0.5, 0.6) is 0 Å². The maximum Gasteiger partial charge on any atom is 0.164 e. The summed E-state index contributed by atoms with van der Waals surface area (Å²) >= 11 is 5.84. The van der Waals surface area contributed by atoms with Gasteiger partial charge in [-0.15, -0.1) is 0 Å². The van der Waals surface area contributed by atoms with Gasteiger partial charge in [-0.2, -0.15) is 0 Å². The highest BCUT2D eigenvalue weighted by atomic mass is 35.5. The molecular weight excluding hydrogens is 324 g/mol. The van der Waals surface area contributed by atoms with E-state index >= 15 is 0 Å². The first-order valence-corrected chi connectivity index (χ1v) is 8.31. The number of halogens is 1. The summed E-state index contributed by atoms with van der Waals surface area (Å²) < 4.78 is 0. The minimum Gasteiger partial charge on any atom is -0.353 e. The Bertz CT molecular complexity index is 825. The first kappa shape index (κ1) is 15.2. The summed E-state index contributed by atoms with van der Waals surface area (Å²) in [5, 5.41) is 1.54. The average Bonchev–Trinajstić information content (AvgIpc) is 2.64. The molecule has 0 saturated carbocycles. The normalized spacial score (nSPS) is 15.8. The van der Waals surface area contributed by atoms with Crippen molar-refractivity contribution < 1.29 is 0 Å². The third-order valence-corrected chi connectivity index (χ3v) is 4.48. The average molecular weight is 341 g/mol. The quantitative estimate of drug-likeness (QED) is 0.682. The molecule has 1 aliphatic heterocycles. The highest BCUT2D eigenvalue weighted by Gasteiger charge is 2.20. The fraction of sp³-hybridized carbons (Fsp3) is 0.294. The van der Waals surface area contributed by atoms with Gasteiger partial charge in [0.05, 0.1) is 5.39 Å². The van der Waals surface area contributed by atoms with Gasteiger partial charge in [-0.3, -0.25) is 4.90 Å². The molecule has 0 radical (unpaired) electrons. The Morgan fingerprint density at radius 1 is 0.958 bits per heavy atom. The molecule has 0 aromatic carbocycles. The summed E-state index contributed by atoms with van der Waals surface area (Å²) in [7, 11) is 0. The third-order valence-electron chi connectivity index (χ3n) is 4.25. The van der Waals surface area contributed by atoms with Crippen LogP contribution in [0.3, 0.4) is 0 Å². The molecule has 24 heavy (non-hydrogen) atoms. The van der Waals surface area contributed by atoms with Gasteiger partial charge >= 0.3 is 0 Å². The Morgan fingerprint density at radius 3 is 2.62 bits per heavy atom. The monoisotopic (exact) mass is 340 g/mol. The summed E-state index contributed by atoms with van der Waals surface area (Å²) in [5.74, 6) is 0.973. The maximum atomic E-state index is 5.84. The van der Waals surface area contributed by atoms with Crippen molar-refractivity contribution in [2.24, 2.45) is 0 Å². The molecule has 0 spiro atoms. The zero-order valence-corrected chi connectivity index (χ0v) is 13.9. The highest BCUT2D eigenvalue weighted by Crippen LogP contribution is 2.22. The summed E-state index contributed by atoms with van der Waals surface area (Å²) in [5.41, 5.74) is 1.93. The van der Waals surface area contributed by atoms with Crippen LogP contribution in [-0.4, -0.2) is 51.0 Å². The van der Waals surface area contributed by atoms with E-state index in [1.807, 2.05) is 30.5 Å². The number of anilines is 1.